The summed E-state index contributed by atoms with van der Waals surface area (Å²) in [5, 5.41) is 0. The minimum absolute atomic E-state index is 0.00191. The van der Waals surface area contributed by atoms with Crippen LogP contribution in [-0.2, 0) is 9.47 Å². The van der Waals surface area contributed by atoms with Gasteiger partial charge in [0.05, 0.1) is 19.8 Å². The van der Waals surface area contributed by atoms with Gasteiger partial charge in [0, 0.05) is 11.5 Å². The van der Waals surface area contributed by atoms with Gasteiger partial charge in [-0.1, -0.05) is 45.2 Å². The Morgan fingerprint density at radius 1 is 1.07 bits per heavy atom. The molecule has 2 unspecified atom stereocenters. The Balaban J connectivity index is 1.89. The Bertz CT molecular complexity index is 702. The van der Waals surface area contributed by atoms with Crippen LogP contribution in [-0.4, -0.2) is 26.4 Å². The van der Waals surface area contributed by atoms with Gasteiger partial charge in [-0.2, -0.15) is 0 Å². The fourth-order valence-corrected chi connectivity index (χ4v) is 3.65. The highest BCUT2D eigenvalue weighted by Gasteiger charge is 2.22. The van der Waals surface area contributed by atoms with Gasteiger partial charge in [0.1, 0.15) is 18.1 Å². The van der Waals surface area contributed by atoms with Crippen molar-refractivity contribution in [3.8, 4) is 5.75 Å². The van der Waals surface area contributed by atoms with Crippen LogP contribution in [0.4, 0.5) is 8.78 Å². The fraction of sp³-hybridized carbons (Fsp3) is 0.600. The van der Waals surface area contributed by atoms with Gasteiger partial charge < -0.3 is 14.2 Å². The van der Waals surface area contributed by atoms with E-state index >= 15 is 0 Å². The lowest BCUT2D eigenvalue weighted by Crippen LogP contribution is -2.24. The van der Waals surface area contributed by atoms with Gasteiger partial charge in [-0.05, 0) is 50.3 Å². The van der Waals surface area contributed by atoms with Crippen molar-refractivity contribution in [2.45, 2.75) is 77.7 Å². The summed E-state index contributed by atoms with van der Waals surface area (Å²) in [6.07, 6.45) is 7.93. The molecule has 0 aromatic heterocycles. The summed E-state index contributed by atoms with van der Waals surface area (Å²) in [5.41, 5.74) is 1.50. The zero-order valence-corrected chi connectivity index (χ0v) is 18.8. The highest BCUT2D eigenvalue weighted by atomic mass is 19.2. The Morgan fingerprint density at radius 3 is 2.37 bits per heavy atom. The maximum absolute atomic E-state index is 14.3. The van der Waals surface area contributed by atoms with Crippen LogP contribution in [0.15, 0.2) is 47.3 Å². The predicted octanol–water partition coefficient (Wildman–Crippen LogP) is 7.39. The molecule has 1 heterocycles. The van der Waals surface area contributed by atoms with E-state index in [9.17, 15) is 8.78 Å². The maximum atomic E-state index is 14.3. The van der Waals surface area contributed by atoms with Gasteiger partial charge in [-0.15, -0.1) is 0 Å². The lowest BCUT2D eigenvalue weighted by atomic mass is 9.90. The monoisotopic (exact) mass is 422 g/mol. The SMILES string of the molecule is CCCCCC1CCC(c2ccc(OC/C(CC)=C(F)/C(F)=C(\C)OC)cc2)CO1. The molecule has 0 radical (unpaired) electrons. The predicted molar refractivity (Wildman–Crippen MR) is 117 cm³/mol. The van der Waals surface area contributed by atoms with Gasteiger partial charge in [0.15, 0.2) is 11.7 Å². The van der Waals surface area contributed by atoms with Gasteiger partial charge in [-0.25, -0.2) is 8.78 Å². The van der Waals surface area contributed by atoms with Crippen molar-refractivity contribution in [2.75, 3.05) is 20.3 Å². The summed E-state index contributed by atoms with van der Waals surface area (Å²) >= 11 is 0. The molecule has 0 amide bonds. The Labute approximate surface area is 180 Å². The second kappa shape index (κ2) is 12.7. The second-order valence-electron chi connectivity index (χ2n) is 7.93. The average Bonchev–Trinajstić information content (AvgIpc) is 2.79. The maximum Gasteiger partial charge on any atom is 0.196 e. The van der Waals surface area contributed by atoms with Crippen molar-refractivity contribution in [3.63, 3.8) is 0 Å². The normalized spacial score (nSPS) is 21.0. The van der Waals surface area contributed by atoms with E-state index in [4.69, 9.17) is 14.2 Å². The third kappa shape index (κ3) is 7.12. The van der Waals surface area contributed by atoms with E-state index in [-0.39, 0.29) is 17.9 Å². The standard InChI is InChI=1S/C25H36F2O3/c1-5-7-8-9-22-15-12-21(17-30-22)20-10-13-23(14-11-20)29-16-19(6-2)25(27)24(26)18(3)28-4/h10-11,13-14,21-22H,5-9,12,15-17H2,1-4H3/b24-18-,25-19-. The molecule has 0 aliphatic carbocycles. The fourth-order valence-electron chi connectivity index (χ4n) is 3.65. The summed E-state index contributed by atoms with van der Waals surface area (Å²) < 4.78 is 44.8. The largest absolute Gasteiger partial charge is 0.498 e. The molecule has 1 aromatic carbocycles. The molecule has 1 aromatic rings. The number of methoxy groups -OCH3 is 1. The van der Waals surface area contributed by atoms with E-state index in [0.29, 0.717) is 24.2 Å². The van der Waals surface area contributed by atoms with Gasteiger partial charge in [0.2, 0.25) is 0 Å². The van der Waals surface area contributed by atoms with Crippen molar-refractivity contribution < 1.29 is 23.0 Å². The van der Waals surface area contributed by atoms with Crippen molar-refractivity contribution in [1.29, 1.82) is 0 Å². The third-order valence-corrected chi connectivity index (χ3v) is 5.81. The second-order valence-corrected chi connectivity index (χ2v) is 7.93. The highest BCUT2D eigenvalue weighted by molar-refractivity contribution is 5.31. The van der Waals surface area contributed by atoms with Crippen LogP contribution in [0.25, 0.3) is 0 Å². The molecule has 0 spiro atoms. The molecule has 30 heavy (non-hydrogen) atoms. The number of hydrogen-bond acceptors (Lipinski definition) is 3. The number of rotatable bonds is 11. The molecule has 1 fully saturated rings. The number of ether oxygens (including phenoxy) is 3. The van der Waals surface area contributed by atoms with Gasteiger partial charge in [-0.3, -0.25) is 0 Å². The van der Waals surface area contributed by atoms with Crippen LogP contribution in [0.5, 0.6) is 5.75 Å². The molecule has 2 rings (SSSR count). The van der Waals surface area contributed by atoms with E-state index in [1.165, 1.54) is 38.9 Å². The first-order chi connectivity index (χ1) is 14.5. The molecule has 0 bridgehead atoms. The number of hydrogen-bond donors (Lipinski definition) is 0. The lowest BCUT2D eigenvalue weighted by Gasteiger charge is -2.29. The Hall–Kier alpha value is -1.88. The molecule has 0 N–H and O–H groups in total. The minimum atomic E-state index is -0.974. The molecule has 1 saturated heterocycles. The zero-order chi connectivity index (χ0) is 21.9. The van der Waals surface area contributed by atoms with Crippen LogP contribution in [0.2, 0.25) is 0 Å². The number of allylic oxidation sites excluding steroid dienone is 3. The van der Waals surface area contributed by atoms with E-state index in [2.05, 4.69) is 6.92 Å². The topological polar surface area (TPSA) is 27.7 Å². The molecule has 2 atom stereocenters. The van der Waals surface area contributed by atoms with E-state index < -0.39 is 11.7 Å². The molecular weight excluding hydrogens is 386 g/mol. The van der Waals surface area contributed by atoms with Crippen molar-refractivity contribution in [3.05, 3.63) is 52.8 Å². The molecule has 1 aliphatic rings. The zero-order valence-electron chi connectivity index (χ0n) is 18.8. The van der Waals surface area contributed by atoms with Gasteiger partial charge >= 0.3 is 0 Å². The third-order valence-electron chi connectivity index (χ3n) is 5.81. The van der Waals surface area contributed by atoms with E-state index in [1.807, 2.05) is 24.3 Å². The number of unbranched alkanes of at least 4 members (excludes halogenated alkanes) is 2. The van der Waals surface area contributed by atoms with Crippen molar-refractivity contribution in [1.82, 2.24) is 0 Å². The number of halogens is 2. The average molecular weight is 423 g/mol. The first-order valence-electron chi connectivity index (χ1n) is 11.1. The summed E-state index contributed by atoms with van der Waals surface area (Å²) in [7, 11) is 1.32. The van der Waals surface area contributed by atoms with Crippen LogP contribution in [0.3, 0.4) is 0 Å². The van der Waals surface area contributed by atoms with Gasteiger partial charge in [0.25, 0.3) is 0 Å². The summed E-state index contributed by atoms with van der Waals surface area (Å²) in [6.45, 7) is 6.14. The summed E-state index contributed by atoms with van der Waals surface area (Å²) in [4.78, 5) is 0. The van der Waals surface area contributed by atoms with Crippen LogP contribution >= 0.6 is 0 Å². The molecule has 0 saturated carbocycles. The molecule has 3 nitrogen and oxygen atoms in total. The van der Waals surface area contributed by atoms with Crippen molar-refractivity contribution in [2.24, 2.45) is 0 Å². The van der Waals surface area contributed by atoms with E-state index in [0.717, 1.165) is 25.9 Å². The summed E-state index contributed by atoms with van der Waals surface area (Å²) in [5.74, 6) is -0.911. The van der Waals surface area contributed by atoms with Crippen LogP contribution in [0, 0.1) is 0 Å². The highest BCUT2D eigenvalue weighted by Crippen LogP contribution is 2.31. The number of benzene rings is 1. The quantitative estimate of drug-likeness (QED) is 0.211. The molecule has 1 aliphatic heterocycles. The lowest BCUT2D eigenvalue weighted by molar-refractivity contribution is -0.00208. The minimum Gasteiger partial charge on any atom is -0.498 e. The Morgan fingerprint density at radius 2 is 1.80 bits per heavy atom. The smallest absolute Gasteiger partial charge is 0.196 e. The van der Waals surface area contributed by atoms with E-state index in [1.54, 1.807) is 6.92 Å². The summed E-state index contributed by atoms with van der Waals surface area (Å²) in [6, 6.07) is 7.87. The first kappa shape index (κ1) is 24.4. The molecule has 168 valence electrons. The first-order valence-corrected chi connectivity index (χ1v) is 11.1. The molecule has 5 heteroatoms. The molecular formula is C25H36F2O3. The Kier molecular flexibility index (Phi) is 10.4. The van der Waals surface area contributed by atoms with Crippen LogP contribution < -0.4 is 4.74 Å². The van der Waals surface area contributed by atoms with Crippen molar-refractivity contribution >= 4 is 0 Å². The van der Waals surface area contributed by atoms with Crippen LogP contribution in [0.1, 0.15) is 77.2 Å².